The lowest BCUT2D eigenvalue weighted by molar-refractivity contribution is -0.116. The minimum Gasteiger partial charge on any atom is -0.495 e. The number of hydrogen-bond donors (Lipinski definition) is 2. The van der Waals surface area contributed by atoms with Gasteiger partial charge in [0.25, 0.3) is 0 Å². The molecule has 2 aromatic rings. The van der Waals surface area contributed by atoms with Gasteiger partial charge in [-0.15, -0.1) is 0 Å². The zero-order valence-corrected chi connectivity index (χ0v) is 16.5. The molecule has 0 saturated carbocycles. The molecule has 9 heteroatoms. The van der Waals surface area contributed by atoms with Gasteiger partial charge in [0.2, 0.25) is 15.9 Å². The molecular formula is C17H18Cl2N2O4S. The number of amides is 1. The van der Waals surface area contributed by atoms with Crippen molar-refractivity contribution in [2.45, 2.75) is 12.5 Å². The van der Waals surface area contributed by atoms with Gasteiger partial charge in [-0.2, -0.15) is 0 Å². The first-order valence-electron chi connectivity index (χ1n) is 7.54. The Labute approximate surface area is 162 Å². The maximum atomic E-state index is 12.5. The third kappa shape index (κ3) is 6.17. The molecular weight excluding hydrogens is 399 g/mol. The Morgan fingerprint density at radius 3 is 2.31 bits per heavy atom. The number of halogens is 2. The van der Waals surface area contributed by atoms with E-state index in [1.807, 2.05) is 0 Å². The third-order valence-electron chi connectivity index (χ3n) is 3.45. The van der Waals surface area contributed by atoms with Crippen LogP contribution in [-0.2, 0) is 14.8 Å². The summed E-state index contributed by atoms with van der Waals surface area (Å²) in [6.07, 6.45) is 0.915. The molecule has 26 heavy (non-hydrogen) atoms. The van der Waals surface area contributed by atoms with E-state index in [0.29, 0.717) is 27.0 Å². The summed E-state index contributed by atoms with van der Waals surface area (Å²) in [5.41, 5.74) is 1.02. The number of anilines is 1. The predicted molar refractivity (Wildman–Crippen MR) is 103 cm³/mol. The van der Waals surface area contributed by atoms with Crippen molar-refractivity contribution in [2.24, 2.45) is 0 Å². The largest absolute Gasteiger partial charge is 0.495 e. The first-order valence-corrected chi connectivity index (χ1v) is 10.2. The molecule has 2 rings (SSSR count). The second-order valence-corrected chi connectivity index (χ2v) is 8.24. The molecule has 2 aromatic carbocycles. The SMILES string of the molecule is COc1ccc(Cl)cc1NC(=O)C[C@@H](NS(C)(=O)=O)c1ccc(Cl)cc1. The second kappa shape index (κ2) is 8.73. The summed E-state index contributed by atoms with van der Waals surface area (Å²) >= 11 is 11.8. The second-order valence-electron chi connectivity index (χ2n) is 5.59. The fourth-order valence-electron chi connectivity index (χ4n) is 2.35. The average Bonchev–Trinajstić information content (AvgIpc) is 2.54. The molecule has 2 N–H and O–H groups in total. The molecule has 0 saturated heterocycles. The Morgan fingerprint density at radius 2 is 1.73 bits per heavy atom. The third-order valence-corrected chi connectivity index (χ3v) is 4.65. The van der Waals surface area contributed by atoms with Crippen molar-refractivity contribution in [3.63, 3.8) is 0 Å². The molecule has 0 unspecified atom stereocenters. The summed E-state index contributed by atoms with van der Waals surface area (Å²) in [7, 11) is -2.06. The summed E-state index contributed by atoms with van der Waals surface area (Å²) in [5, 5.41) is 3.64. The molecule has 0 heterocycles. The van der Waals surface area contributed by atoms with Crippen LogP contribution in [0.3, 0.4) is 0 Å². The summed E-state index contributed by atoms with van der Waals surface area (Å²) in [6, 6.07) is 10.7. The topological polar surface area (TPSA) is 84.5 Å². The summed E-state index contributed by atoms with van der Waals surface area (Å²) < 4.78 is 31.0. The van der Waals surface area contributed by atoms with E-state index in [2.05, 4.69) is 10.0 Å². The molecule has 0 spiro atoms. The van der Waals surface area contributed by atoms with E-state index < -0.39 is 22.0 Å². The van der Waals surface area contributed by atoms with E-state index in [4.69, 9.17) is 27.9 Å². The smallest absolute Gasteiger partial charge is 0.226 e. The highest BCUT2D eigenvalue weighted by Crippen LogP contribution is 2.28. The number of methoxy groups -OCH3 is 1. The van der Waals surface area contributed by atoms with E-state index in [0.717, 1.165) is 6.26 Å². The zero-order chi connectivity index (χ0) is 19.3. The lowest BCUT2D eigenvalue weighted by atomic mass is 10.0. The number of carbonyl (C=O) groups excluding carboxylic acids is 1. The number of sulfonamides is 1. The molecule has 0 radical (unpaired) electrons. The van der Waals surface area contributed by atoms with Gasteiger partial charge in [0.1, 0.15) is 5.75 Å². The van der Waals surface area contributed by atoms with E-state index in [9.17, 15) is 13.2 Å². The van der Waals surface area contributed by atoms with Crippen LogP contribution in [0.15, 0.2) is 42.5 Å². The van der Waals surface area contributed by atoms with E-state index in [-0.39, 0.29) is 6.42 Å². The molecule has 0 fully saturated rings. The van der Waals surface area contributed by atoms with Gasteiger partial charge in [0, 0.05) is 16.5 Å². The Morgan fingerprint density at radius 1 is 1.12 bits per heavy atom. The van der Waals surface area contributed by atoms with Crippen molar-refractivity contribution in [3.8, 4) is 5.75 Å². The van der Waals surface area contributed by atoms with Crippen LogP contribution < -0.4 is 14.8 Å². The first-order chi connectivity index (χ1) is 12.2. The van der Waals surface area contributed by atoms with Crippen LogP contribution in [0.2, 0.25) is 10.0 Å². The maximum absolute atomic E-state index is 12.5. The van der Waals surface area contributed by atoms with Gasteiger partial charge in [-0.3, -0.25) is 4.79 Å². The number of carbonyl (C=O) groups is 1. The number of nitrogens with one attached hydrogen (secondary N) is 2. The molecule has 0 bridgehead atoms. The maximum Gasteiger partial charge on any atom is 0.226 e. The van der Waals surface area contributed by atoms with E-state index in [1.165, 1.54) is 7.11 Å². The van der Waals surface area contributed by atoms with Crippen LogP contribution in [0.4, 0.5) is 5.69 Å². The molecule has 1 amide bonds. The van der Waals surface area contributed by atoms with Crippen LogP contribution in [0.25, 0.3) is 0 Å². The normalized spacial score (nSPS) is 12.5. The van der Waals surface area contributed by atoms with Gasteiger partial charge in [0.05, 0.1) is 25.1 Å². The van der Waals surface area contributed by atoms with Crippen molar-refractivity contribution in [3.05, 3.63) is 58.1 Å². The number of rotatable bonds is 7. The number of ether oxygens (including phenoxy) is 1. The summed E-state index contributed by atoms with van der Waals surface area (Å²) in [6.45, 7) is 0. The fourth-order valence-corrected chi connectivity index (χ4v) is 3.38. The number of hydrogen-bond acceptors (Lipinski definition) is 4. The predicted octanol–water partition coefficient (Wildman–Crippen LogP) is 3.62. The molecule has 0 aliphatic rings. The standard InChI is InChI=1S/C17H18Cl2N2O4S/c1-25-16-8-7-13(19)9-15(16)20-17(22)10-14(21-26(2,23)24)11-3-5-12(18)6-4-11/h3-9,14,21H,10H2,1-2H3,(H,20,22)/t14-/m1/s1. The minimum absolute atomic E-state index is 0.121. The Balaban J connectivity index is 2.21. The Kier molecular flexibility index (Phi) is 6.88. The Hall–Kier alpha value is -1.80. The molecule has 0 aromatic heterocycles. The fraction of sp³-hybridized carbons (Fsp3) is 0.235. The average molecular weight is 417 g/mol. The zero-order valence-electron chi connectivity index (χ0n) is 14.1. The highest BCUT2D eigenvalue weighted by atomic mass is 35.5. The van der Waals surface area contributed by atoms with Gasteiger partial charge in [0.15, 0.2) is 0 Å². The van der Waals surface area contributed by atoms with Crippen molar-refractivity contribution in [1.29, 1.82) is 0 Å². The van der Waals surface area contributed by atoms with Crippen LogP contribution in [0, 0.1) is 0 Å². The highest BCUT2D eigenvalue weighted by Gasteiger charge is 2.20. The van der Waals surface area contributed by atoms with Crippen molar-refractivity contribution in [2.75, 3.05) is 18.7 Å². The molecule has 1 atom stereocenters. The monoisotopic (exact) mass is 416 g/mol. The lowest BCUT2D eigenvalue weighted by Crippen LogP contribution is -2.30. The lowest BCUT2D eigenvalue weighted by Gasteiger charge is -2.18. The molecule has 0 aliphatic carbocycles. The van der Waals surface area contributed by atoms with Crippen molar-refractivity contribution in [1.82, 2.24) is 4.72 Å². The summed E-state index contributed by atoms with van der Waals surface area (Å²) in [5.74, 6) is 0.0449. The van der Waals surface area contributed by atoms with Gasteiger partial charge in [-0.1, -0.05) is 35.3 Å². The van der Waals surface area contributed by atoms with Crippen LogP contribution in [0.1, 0.15) is 18.0 Å². The Bertz CT molecular complexity index is 886. The number of benzene rings is 2. The summed E-state index contributed by atoms with van der Waals surface area (Å²) in [4.78, 5) is 12.5. The van der Waals surface area contributed by atoms with E-state index >= 15 is 0 Å². The van der Waals surface area contributed by atoms with Crippen LogP contribution >= 0.6 is 23.2 Å². The highest BCUT2D eigenvalue weighted by molar-refractivity contribution is 7.88. The van der Waals surface area contributed by atoms with Crippen molar-refractivity contribution < 1.29 is 17.9 Å². The van der Waals surface area contributed by atoms with Gasteiger partial charge in [-0.25, -0.2) is 13.1 Å². The van der Waals surface area contributed by atoms with Gasteiger partial charge < -0.3 is 10.1 Å². The molecule has 0 aliphatic heterocycles. The van der Waals surface area contributed by atoms with E-state index in [1.54, 1.807) is 42.5 Å². The van der Waals surface area contributed by atoms with Crippen LogP contribution in [0.5, 0.6) is 5.75 Å². The van der Waals surface area contributed by atoms with Crippen molar-refractivity contribution >= 4 is 44.8 Å². The van der Waals surface area contributed by atoms with Gasteiger partial charge in [-0.05, 0) is 35.9 Å². The quantitative estimate of drug-likeness (QED) is 0.721. The van der Waals surface area contributed by atoms with Gasteiger partial charge >= 0.3 is 0 Å². The van der Waals surface area contributed by atoms with Crippen LogP contribution in [-0.4, -0.2) is 27.7 Å². The molecule has 140 valence electrons. The molecule has 6 nitrogen and oxygen atoms in total. The first kappa shape index (κ1) is 20.5. The minimum atomic E-state index is -3.53.